The van der Waals surface area contributed by atoms with Crippen LogP contribution < -0.4 is 14.4 Å². The number of nitrogens with zero attached hydrogens (tertiary/aromatic N) is 2. The topological polar surface area (TPSA) is 96.0 Å². The Hall–Kier alpha value is -3.56. The maximum Gasteiger partial charge on any atom is 0.264 e. The van der Waals surface area contributed by atoms with E-state index >= 15 is 0 Å². The molecular formula is C33H40ClN3O5S. The van der Waals surface area contributed by atoms with E-state index in [0.29, 0.717) is 22.0 Å². The molecular weight excluding hydrogens is 586 g/mol. The summed E-state index contributed by atoms with van der Waals surface area (Å²) in [7, 11) is -2.61. The monoisotopic (exact) mass is 625 g/mol. The molecule has 1 atom stereocenters. The van der Waals surface area contributed by atoms with E-state index in [9.17, 15) is 18.0 Å². The molecule has 43 heavy (non-hydrogen) atoms. The number of nitrogens with one attached hydrogen (secondary N) is 1. The number of amides is 2. The molecule has 0 aliphatic heterocycles. The van der Waals surface area contributed by atoms with Gasteiger partial charge in [0.05, 0.1) is 17.7 Å². The van der Waals surface area contributed by atoms with Crippen molar-refractivity contribution in [2.75, 3.05) is 18.0 Å². The van der Waals surface area contributed by atoms with Crippen molar-refractivity contribution in [3.63, 3.8) is 0 Å². The van der Waals surface area contributed by atoms with E-state index in [-0.39, 0.29) is 23.4 Å². The molecule has 1 fully saturated rings. The van der Waals surface area contributed by atoms with E-state index in [1.165, 1.54) is 17.0 Å². The van der Waals surface area contributed by atoms with Crippen molar-refractivity contribution < 1.29 is 22.7 Å². The molecule has 1 aliphatic rings. The van der Waals surface area contributed by atoms with Gasteiger partial charge in [-0.2, -0.15) is 0 Å². The summed E-state index contributed by atoms with van der Waals surface area (Å²) >= 11 is 6.31. The summed E-state index contributed by atoms with van der Waals surface area (Å²) in [6.07, 6.45) is 5.07. The zero-order valence-corrected chi connectivity index (χ0v) is 26.7. The molecule has 3 aromatic carbocycles. The molecule has 2 amide bonds. The fourth-order valence-corrected chi connectivity index (χ4v) is 6.92. The molecule has 0 heterocycles. The number of anilines is 1. The number of hydrogen-bond donors (Lipinski definition) is 1. The van der Waals surface area contributed by atoms with Gasteiger partial charge in [-0.05, 0) is 81.1 Å². The Morgan fingerprint density at radius 3 is 2.26 bits per heavy atom. The Labute approximate surface area is 260 Å². The third-order valence-corrected chi connectivity index (χ3v) is 9.97. The number of ether oxygens (including phenoxy) is 1. The predicted molar refractivity (Wildman–Crippen MR) is 170 cm³/mol. The minimum Gasteiger partial charge on any atom is -0.497 e. The number of aryl methyl sites for hydroxylation is 2. The summed E-state index contributed by atoms with van der Waals surface area (Å²) in [5, 5.41) is 3.46. The number of benzene rings is 3. The fraction of sp³-hybridized carbons (Fsp3) is 0.394. The van der Waals surface area contributed by atoms with Crippen LogP contribution >= 0.6 is 11.6 Å². The fourth-order valence-electron chi connectivity index (χ4n) is 5.28. The van der Waals surface area contributed by atoms with Crippen LogP contribution in [-0.2, 0) is 26.2 Å². The zero-order valence-electron chi connectivity index (χ0n) is 25.2. The van der Waals surface area contributed by atoms with E-state index in [1.54, 1.807) is 63.4 Å². The van der Waals surface area contributed by atoms with Crippen LogP contribution in [0, 0.1) is 13.8 Å². The molecule has 10 heteroatoms. The first-order chi connectivity index (χ1) is 20.5. The van der Waals surface area contributed by atoms with Crippen LogP contribution in [0.25, 0.3) is 0 Å². The Morgan fingerprint density at radius 2 is 1.63 bits per heavy atom. The number of methoxy groups -OCH3 is 1. The van der Waals surface area contributed by atoms with Gasteiger partial charge >= 0.3 is 0 Å². The highest BCUT2D eigenvalue weighted by Gasteiger charge is 2.34. The molecule has 0 unspecified atom stereocenters. The van der Waals surface area contributed by atoms with Crippen LogP contribution in [0.4, 0.5) is 5.69 Å². The van der Waals surface area contributed by atoms with E-state index in [2.05, 4.69) is 5.32 Å². The van der Waals surface area contributed by atoms with Crippen LogP contribution in [0.5, 0.6) is 5.75 Å². The standard InChI is InChI=1S/C33H40ClN3O5S/c1-23-10-18-30(19-11-23)43(40,41)37(31-20-27(34)15-12-24(31)2)22-32(38)36(21-26-13-16-29(42-4)17-14-26)25(3)33(39)35-28-8-6-5-7-9-28/h10-20,25,28H,5-9,21-22H2,1-4H3,(H,35,39)/t25-/m1/s1. The average molecular weight is 626 g/mol. The largest absolute Gasteiger partial charge is 0.497 e. The zero-order chi connectivity index (χ0) is 31.1. The minimum atomic E-state index is -4.18. The first-order valence-corrected chi connectivity index (χ1v) is 16.4. The number of hydrogen-bond acceptors (Lipinski definition) is 5. The second-order valence-electron chi connectivity index (χ2n) is 11.1. The molecule has 1 saturated carbocycles. The summed E-state index contributed by atoms with van der Waals surface area (Å²) in [5.41, 5.74) is 2.62. The van der Waals surface area contributed by atoms with E-state index in [0.717, 1.165) is 47.5 Å². The predicted octanol–water partition coefficient (Wildman–Crippen LogP) is 6.03. The molecule has 0 bridgehead atoms. The summed E-state index contributed by atoms with van der Waals surface area (Å²) in [6.45, 7) is 4.91. The molecule has 3 aromatic rings. The molecule has 0 spiro atoms. The quantitative estimate of drug-likeness (QED) is 0.281. The highest BCUT2D eigenvalue weighted by atomic mass is 35.5. The summed E-state index contributed by atoms with van der Waals surface area (Å²) in [5.74, 6) is -0.116. The lowest BCUT2D eigenvalue weighted by Gasteiger charge is -2.33. The molecule has 4 rings (SSSR count). The van der Waals surface area contributed by atoms with Crippen LogP contribution in [0.1, 0.15) is 55.7 Å². The number of rotatable bonds is 11. The number of carbonyl (C=O) groups excluding carboxylic acids is 2. The van der Waals surface area contributed by atoms with E-state index in [1.807, 2.05) is 19.1 Å². The number of sulfonamides is 1. The van der Waals surface area contributed by atoms with Gasteiger partial charge in [-0.3, -0.25) is 13.9 Å². The van der Waals surface area contributed by atoms with Crippen LogP contribution in [0.15, 0.2) is 71.6 Å². The Morgan fingerprint density at radius 1 is 0.977 bits per heavy atom. The molecule has 8 nitrogen and oxygen atoms in total. The second-order valence-corrected chi connectivity index (χ2v) is 13.4. The smallest absolute Gasteiger partial charge is 0.264 e. The Bertz CT molecular complexity index is 1520. The Balaban J connectivity index is 1.70. The molecule has 1 aliphatic carbocycles. The van der Waals surface area contributed by atoms with Gasteiger partial charge in [0.25, 0.3) is 10.0 Å². The molecule has 1 N–H and O–H groups in total. The first kappa shape index (κ1) is 32.4. The SMILES string of the molecule is COc1ccc(CN(C(=O)CN(c2cc(Cl)ccc2C)S(=O)(=O)c2ccc(C)cc2)[C@H](C)C(=O)NC2CCCCC2)cc1. The minimum absolute atomic E-state index is 0.0510. The van der Waals surface area contributed by atoms with Crippen LogP contribution in [-0.4, -0.2) is 50.9 Å². The third-order valence-electron chi connectivity index (χ3n) is 7.96. The summed E-state index contributed by atoms with van der Waals surface area (Å²) in [4.78, 5) is 29.2. The van der Waals surface area contributed by atoms with E-state index < -0.39 is 28.5 Å². The average Bonchev–Trinajstić information content (AvgIpc) is 3.00. The van der Waals surface area contributed by atoms with Gasteiger partial charge in [0.15, 0.2) is 0 Å². The van der Waals surface area contributed by atoms with Crippen molar-refractivity contribution >= 4 is 39.1 Å². The van der Waals surface area contributed by atoms with Crippen LogP contribution in [0.2, 0.25) is 5.02 Å². The van der Waals surface area contributed by atoms with Crippen molar-refractivity contribution in [1.29, 1.82) is 0 Å². The van der Waals surface area contributed by atoms with Crippen molar-refractivity contribution in [2.45, 2.75) is 76.4 Å². The van der Waals surface area contributed by atoms with Crippen molar-refractivity contribution in [3.8, 4) is 5.75 Å². The summed E-state index contributed by atoms with van der Waals surface area (Å²) in [6, 6.07) is 17.9. The lowest BCUT2D eigenvalue weighted by Crippen LogP contribution is -2.53. The number of halogens is 1. The maximum absolute atomic E-state index is 14.2. The lowest BCUT2D eigenvalue weighted by molar-refractivity contribution is -0.139. The molecule has 0 aromatic heterocycles. The second kappa shape index (κ2) is 14.3. The van der Waals surface area contributed by atoms with Gasteiger partial charge in [0.1, 0.15) is 18.3 Å². The summed E-state index contributed by atoms with van der Waals surface area (Å²) < 4.78 is 34.5. The first-order valence-electron chi connectivity index (χ1n) is 14.6. The van der Waals surface area contributed by atoms with Crippen LogP contribution in [0.3, 0.4) is 0 Å². The number of carbonyl (C=O) groups is 2. The maximum atomic E-state index is 14.2. The van der Waals surface area contributed by atoms with E-state index in [4.69, 9.17) is 16.3 Å². The Kier molecular flexibility index (Phi) is 10.7. The van der Waals surface area contributed by atoms with Crippen molar-refractivity contribution in [1.82, 2.24) is 10.2 Å². The van der Waals surface area contributed by atoms with Gasteiger partial charge in [-0.1, -0.05) is 66.8 Å². The van der Waals surface area contributed by atoms with Gasteiger partial charge in [-0.25, -0.2) is 8.42 Å². The molecule has 0 radical (unpaired) electrons. The highest BCUT2D eigenvalue weighted by Crippen LogP contribution is 2.30. The molecule has 230 valence electrons. The normalized spacial score (nSPS) is 14.5. The molecule has 0 saturated heterocycles. The van der Waals surface area contributed by atoms with Gasteiger partial charge in [-0.15, -0.1) is 0 Å². The highest BCUT2D eigenvalue weighted by molar-refractivity contribution is 7.92. The van der Waals surface area contributed by atoms with Gasteiger partial charge in [0, 0.05) is 17.6 Å². The van der Waals surface area contributed by atoms with Gasteiger partial charge < -0.3 is 15.0 Å². The van der Waals surface area contributed by atoms with Gasteiger partial charge in [0.2, 0.25) is 11.8 Å². The lowest BCUT2D eigenvalue weighted by atomic mass is 9.95. The third kappa shape index (κ3) is 8.09. The van der Waals surface area contributed by atoms with Crippen molar-refractivity contribution in [2.24, 2.45) is 0 Å². The van der Waals surface area contributed by atoms with Crippen molar-refractivity contribution in [3.05, 3.63) is 88.4 Å².